The first kappa shape index (κ1) is 31.6. The average molecular weight is 545 g/mol. The van der Waals surface area contributed by atoms with E-state index in [4.69, 9.17) is 0 Å². The van der Waals surface area contributed by atoms with E-state index in [0.29, 0.717) is 17.2 Å². The minimum absolute atomic E-state index is 0.0981. The number of rotatable bonds is 8. The lowest BCUT2D eigenvalue weighted by Crippen LogP contribution is -2.30. The SMILES string of the molecule is CCCC(Cc1ccc(O)c(C(C)(C)C)c1)(Cc1ccc(O)c(C(C)(C)C)c1)Cc1ccc(O)c(C(C)(C)C)c1. The number of hydrogen-bond acceptors (Lipinski definition) is 3. The molecule has 0 atom stereocenters. The van der Waals surface area contributed by atoms with Crippen LogP contribution in [0, 0.1) is 5.41 Å². The molecule has 40 heavy (non-hydrogen) atoms. The fourth-order valence-corrected chi connectivity index (χ4v) is 6.16. The van der Waals surface area contributed by atoms with Gasteiger partial charge in [0, 0.05) is 0 Å². The molecular weight excluding hydrogens is 492 g/mol. The highest BCUT2D eigenvalue weighted by Crippen LogP contribution is 2.42. The van der Waals surface area contributed by atoms with Crippen molar-refractivity contribution in [2.45, 2.75) is 118 Å². The maximum atomic E-state index is 10.7. The first-order valence-electron chi connectivity index (χ1n) is 14.8. The Morgan fingerprint density at radius 3 is 0.975 bits per heavy atom. The topological polar surface area (TPSA) is 60.7 Å². The molecule has 0 aliphatic heterocycles. The van der Waals surface area contributed by atoms with E-state index in [9.17, 15) is 15.3 Å². The molecule has 0 aliphatic rings. The Labute approximate surface area is 243 Å². The van der Waals surface area contributed by atoms with Gasteiger partial charge in [-0.2, -0.15) is 0 Å². The van der Waals surface area contributed by atoms with Gasteiger partial charge in [0.05, 0.1) is 0 Å². The third-order valence-corrected chi connectivity index (χ3v) is 8.12. The Morgan fingerprint density at radius 2 is 0.750 bits per heavy atom. The number of phenols is 3. The summed E-state index contributed by atoms with van der Waals surface area (Å²) in [4.78, 5) is 0. The molecule has 0 unspecified atom stereocenters. The molecule has 0 spiro atoms. The molecule has 3 aromatic carbocycles. The molecule has 3 N–H and O–H groups in total. The summed E-state index contributed by atoms with van der Waals surface area (Å²) in [6, 6.07) is 18.3. The summed E-state index contributed by atoms with van der Waals surface area (Å²) in [5.74, 6) is 1.04. The largest absolute Gasteiger partial charge is 0.508 e. The minimum Gasteiger partial charge on any atom is -0.508 e. The molecule has 0 saturated carbocycles. The van der Waals surface area contributed by atoms with Gasteiger partial charge in [-0.05, 0) is 98.9 Å². The molecule has 0 radical (unpaired) electrons. The van der Waals surface area contributed by atoms with Crippen molar-refractivity contribution in [2.24, 2.45) is 5.41 Å². The van der Waals surface area contributed by atoms with E-state index in [2.05, 4.69) is 106 Å². The zero-order chi connectivity index (χ0) is 30.1. The van der Waals surface area contributed by atoms with Crippen LogP contribution in [0.2, 0.25) is 0 Å². The summed E-state index contributed by atoms with van der Waals surface area (Å²) in [6.45, 7) is 21.5. The minimum atomic E-state index is -0.162. The molecule has 3 rings (SSSR count). The lowest BCUT2D eigenvalue weighted by atomic mass is 9.68. The summed E-state index contributed by atoms with van der Waals surface area (Å²) in [5, 5.41) is 32.0. The van der Waals surface area contributed by atoms with Crippen molar-refractivity contribution in [3.05, 3.63) is 88.0 Å². The highest BCUT2D eigenvalue weighted by atomic mass is 16.3. The van der Waals surface area contributed by atoms with Crippen LogP contribution in [0.25, 0.3) is 0 Å². The summed E-state index contributed by atoms with van der Waals surface area (Å²) in [7, 11) is 0. The monoisotopic (exact) mass is 544 g/mol. The first-order chi connectivity index (χ1) is 18.3. The van der Waals surface area contributed by atoms with Gasteiger partial charge in [0.25, 0.3) is 0 Å². The zero-order valence-corrected chi connectivity index (χ0v) is 26.6. The van der Waals surface area contributed by atoms with E-state index in [0.717, 1.165) is 48.8 Å². The molecule has 3 aromatic rings. The van der Waals surface area contributed by atoms with E-state index in [1.165, 1.54) is 16.7 Å². The van der Waals surface area contributed by atoms with Crippen molar-refractivity contribution in [3.8, 4) is 17.2 Å². The van der Waals surface area contributed by atoms with Gasteiger partial charge in [0.2, 0.25) is 0 Å². The summed E-state index contributed by atoms with van der Waals surface area (Å²) in [5.41, 5.74) is 5.99. The molecule has 3 heteroatoms. The Morgan fingerprint density at radius 1 is 0.475 bits per heavy atom. The maximum absolute atomic E-state index is 10.7. The molecule has 3 nitrogen and oxygen atoms in total. The summed E-state index contributed by atoms with van der Waals surface area (Å²) >= 11 is 0. The quantitative estimate of drug-likeness (QED) is 0.265. The van der Waals surface area contributed by atoms with Crippen molar-refractivity contribution in [1.82, 2.24) is 0 Å². The second kappa shape index (κ2) is 11.5. The van der Waals surface area contributed by atoms with Crippen LogP contribution in [0.15, 0.2) is 54.6 Å². The molecule has 0 saturated heterocycles. The lowest BCUT2D eigenvalue weighted by molar-refractivity contribution is 0.250. The van der Waals surface area contributed by atoms with Gasteiger partial charge in [-0.3, -0.25) is 0 Å². The molecule has 0 aromatic heterocycles. The van der Waals surface area contributed by atoms with Crippen LogP contribution in [-0.2, 0) is 35.5 Å². The van der Waals surface area contributed by atoms with Gasteiger partial charge in [-0.15, -0.1) is 0 Å². The van der Waals surface area contributed by atoms with Gasteiger partial charge in [-0.25, -0.2) is 0 Å². The van der Waals surface area contributed by atoms with Crippen molar-refractivity contribution in [1.29, 1.82) is 0 Å². The Kier molecular flexibility index (Phi) is 9.09. The molecule has 0 aliphatic carbocycles. The van der Waals surface area contributed by atoms with Crippen LogP contribution < -0.4 is 0 Å². The molecular formula is C37H52O3. The van der Waals surface area contributed by atoms with Crippen LogP contribution in [-0.4, -0.2) is 15.3 Å². The highest BCUT2D eigenvalue weighted by molar-refractivity contribution is 5.44. The Balaban J connectivity index is 2.17. The molecule has 0 bridgehead atoms. The van der Waals surface area contributed by atoms with Crippen LogP contribution >= 0.6 is 0 Å². The smallest absolute Gasteiger partial charge is 0.119 e. The summed E-state index contributed by atoms with van der Waals surface area (Å²) < 4.78 is 0. The number of aromatic hydroxyl groups is 3. The predicted molar refractivity (Wildman–Crippen MR) is 169 cm³/mol. The third kappa shape index (κ3) is 7.62. The van der Waals surface area contributed by atoms with E-state index >= 15 is 0 Å². The van der Waals surface area contributed by atoms with Crippen LogP contribution in [0.5, 0.6) is 17.2 Å². The van der Waals surface area contributed by atoms with Gasteiger partial charge in [0.1, 0.15) is 17.2 Å². The Bertz CT molecular complexity index is 1150. The number of benzene rings is 3. The van der Waals surface area contributed by atoms with Crippen LogP contribution in [0.4, 0.5) is 0 Å². The first-order valence-corrected chi connectivity index (χ1v) is 14.8. The van der Waals surface area contributed by atoms with E-state index in [-0.39, 0.29) is 21.7 Å². The lowest BCUT2D eigenvalue weighted by Gasteiger charge is -2.36. The number of hydrogen-bond donors (Lipinski definition) is 3. The van der Waals surface area contributed by atoms with E-state index in [1.54, 1.807) is 0 Å². The van der Waals surface area contributed by atoms with Gasteiger partial charge in [0.15, 0.2) is 0 Å². The normalized spacial score (nSPS) is 13.1. The van der Waals surface area contributed by atoms with Crippen molar-refractivity contribution >= 4 is 0 Å². The standard InChI is InChI=1S/C37H52O3/c1-11-18-37(22-25-12-15-31(38)28(19-25)34(2,3)4,23-26-13-16-32(39)29(20-26)35(5,6)7)24-27-14-17-33(40)30(21-27)36(8,9)10/h12-17,19-21,38-40H,11,18,22-24H2,1-10H3. The average Bonchev–Trinajstić information content (AvgIpc) is 2.81. The Hall–Kier alpha value is -2.94. The van der Waals surface area contributed by atoms with Crippen LogP contribution in [0.1, 0.15) is 115 Å². The second-order valence-corrected chi connectivity index (χ2v) is 15.1. The maximum Gasteiger partial charge on any atom is 0.119 e. The molecule has 218 valence electrons. The zero-order valence-electron chi connectivity index (χ0n) is 26.6. The van der Waals surface area contributed by atoms with Crippen molar-refractivity contribution in [2.75, 3.05) is 0 Å². The highest BCUT2D eigenvalue weighted by Gasteiger charge is 2.33. The fraction of sp³-hybridized carbons (Fsp3) is 0.514. The molecule has 0 amide bonds. The second-order valence-electron chi connectivity index (χ2n) is 15.1. The summed E-state index contributed by atoms with van der Waals surface area (Å²) in [6.07, 6.45) is 4.65. The molecule has 0 heterocycles. The fourth-order valence-electron chi connectivity index (χ4n) is 6.16. The third-order valence-electron chi connectivity index (χ3n) is 8.12. The van der Waals surface area contributed by atoms with Crippen molar-refractivity contribution in [3.63, 3.8) is 0 Å². The van der Waals surface area contributed by atoms with Gasteiger partial charge < -0.3 is 15.3 Å². The van der Waals surface area contributed by atoms with E-state index < -0.39 is 0 Å². The van der Waals surface area contributed by atoms with E-state index in [1.807, 2.05) is 18.2 Å². The molecule has 0 fully saturated rings. The van der Waals surface area contributed by atoms with Crippen molar-refractivity contribution < 1.29 is 15.3 Å². The van der Waals surface area contributed by atoms with Gasteiger partial charge >= 0.3 is 0 Å². The predicted octanol–water partition coefficient (Wildman–Crippen LogP) is 9.51. The number of phenolic OH excluding ortho intramolecular Hbond substituents is 3. The van der Waals surface area contributed by atoms with Gasteiger partial charge in [-0.1, -0.05) is 112 Å². The van der Waals surface area contributed by atoms with Crippen LogP contribution in [0.3, 0.4) is 0 Å².